The lowest BCUT2D eigenvalue weighted by Crippen LogP contribution is -2.60. The highest BCUT2D eigenvalue weighted by molar-refractivity contribution is 5.92. The van der Waals surface area contributed by atoms with Crippen LogP contribution in [-0.2, 0) is 55.9 Å². The van der Waals surface area contributed by atoms with E-state index in [9.17, 15) is 28.8 Å². The van der Waals surface area contributed by atoms with E-state index in [1.807, 2.05) is 139 Å². The number of methoxy groups -OCH3 is 2. The molecule has 9 atom stereocenters. The monoisotopic (exact) mass is 1040 g/mol. The molecule has 1 saturated heterocycles. The molecule has 0 radical (unpaired) electrons. The first-order valence-electron chi connectivity index (χ1n) is 27.0. The van der Waals surface area contributed by atoms with Crippen LogP contribution in [-0.4, -0.2) is 134 Å². The maximum atomic E-state index is 14.8. The number of hydrogen-bond acceptors (Lipinski definition) is 10. The fourth-order valence-corrected chi connectivity index (χ4v) is 11.2. The summed E-state index contributed by atoms with van der Waals surface area (Å²) >= 11 is 0. The molecular formula is C61H81N5O10. The zero-order chi connectivity index (χ0) is 55.2. The van der Waals surface area contributed by atoms with E-state index in [0.29, 0.717) is 25.8 Å². The SMILES string of the molecule is CCC(C)C(C(CC(=O)N1CCC[C@H]1C(OC)C(C)C(=O)NC(Cc1ccccc1)C(=O)OCc1ccccc1)OC)N(C)C(=O)C(NC(=O)C(C(C)C)N(C)C(=O)OCC1c2ccccc2-c2ccccc21)C(C)C. The molecule has 4 aromatic rings. The van der Waals surface area contributed by atoms with Gasteiger partial charge in [0.05, 0.1) is 36.6 Å². The number of esters is 1. The van der Waals surface area contributed by atoms with Gasteiger partial charge in [-0.05, 0) is 64.0 Å². The van der Waals surface area contributed by atoms with Gasteiger partial charge in [0.15, 0.2) is 0 Å². The molecule has 5 amide bonds. The fourth-order valence-electron chi connectivity index (χ4n) is 11.2. The third-order valence-electron chi connectivity index (χ3n) is 15.5. The minimum Gasteiger partial charge on any atom is -0.459 e. The maximum absolute atomic E-state index is 14.8. The van der Waals surface area contributed by atoms with Gasteiger partial charge in [0.25, 0.3) is 0 Å². The topological polar surface area (TPSA) is 173 Å². The van der Waals surface area contributed by atoms with Gasteiger partial charge in [0.1, 0.15) is 31.3 Å². The average Bonchev–Trinajstić information content (AvgIpc) is 4.05. The zero-order valence-electron chi connectivity index (χ0n) is 46.4. The van der Waals surface area contributed by atoms with Crippen LogP contribution in [0.4, 0.5) is 4.79 Å². The quantitative estimate of drug-likeness (QED) is 0.0614. The van der Waals surface area contributed by atoms with Crippen molar-refractivity contribution in [1.82, 2.24) is 25.3 Å². The molecule has 0 saturated carbocycles. The Hall–Kier alpha value is -6.58. The number of hydrogen-bond donors (Lipinski definition) is 2. The van der Waals surface area contributed by atoms with Crippen molar-refractivity contribution in [2.24, 2.45) is 23.7 Å². The summed E-state index contributed by atoms with van der Waals surface area (Å²) in [5.41, 5.74) is 6.04. The number of likely N-dealkylation sites (tertiary alicyclic amines) is 1. The van der Waals surface area contributed by atoms with E-state index in [2.05, 4.69) is 22.8 Å². The molecular weight excluding hydrogens is 963 g/mol. The molecule has 8 unspecified atom stereocenters. The Morgan fingerprint density at radius 2 is 1.26 bits per heavy atom. The van der Waals surface area contributed by atoms with Gasteiger partial charge >= 0.3 is 12.1 Å². The number of carbonyl (C=O) groups is 6. The third kappa shape index (κ3) is 14.1. The fraction of sp³-hybridized carbons (Fsp3) is 0.508. The molecule has 15 heteroatoms. The number of benzene rings is 4. The first-order valence-corrected chi connectivity index (χ1v) is 27.0. The average molecular weight is 1040 g/mol. The van der Waals surface area contributed by atoms with Crippen molar-refractivity contribution >= 4 is 35.7 Å². The highest BCUT2D eigenvalue weighted by Crippen LogP contribution is 2.44. The minimum absolute atomic E-state index is 0.0550. The van der Waals surface area contributed by atoms with E-state index < -0.39 is 72.2 Å². The van der Waals surface area contributed by atoms with E-state index >= 15 is 0 Å². The van der Waals surface area contributed by atoms with Crippen LogP contribution in [0.3, 0.4) is 0 Å². The molecule has 1 aliphatic heterocycles. The van der Waals surface area contributed by atoms with Gasteiger partial charge in [-0.2, -0.15) is 0 Å². The van der Waals surface area contributed by atoms with Crippen molar-refractivity contribution in [3.05, 3.63) is 131 Å². The van der Waals surface area contributed by atoms with Crippen molar-refractivity contribution in [3.63, 3.8) is 0 Å². The third-order valence-corrected chi connectivity index (χ3v) is 15.5. The zero-order valence-corrected chi connectivity index (χ0v) is 46.4. The number of amides is 5. The van der Waals surface area contributed by atoms with Crippen molar-refractivity contribution in [2.75, 3.05) is 41.5 Å². The first kappa shape index (κ1) is 58.7. The van der Waals surface area contributed by atoms with Crippen LogP contribution in [0, 0.1) is 23.7 Å². The minimum atomic E-state index is -0.981. The van der Waals surface area contributed by atoms with Crippen LogP contribution in [0.2, 0.25) is 0 Å². The molecule has 6 rings (SSSR count). The lowest BCUT2D eigenvalue weighted by atomic mass is 9.89. The van der Waals surface area contributed by atoms with Crippen molar-refractivity contribution in [1.29, 1.82) is 0 Å². The maximum Gasteiger partial charge on any atom is 0.410 e. The smallest absolute Gasteiger partial charge is 0.410 e. The van der Waals surface area contributed by atoms with Crippen LogP contribution in [0.25, 0.3) is 11.1 Å². The largest absolute Gasteiger partial charge is 0.459 e. The van der Waals surface area contributed by atoms with Gasteiger partial charge in [0.2, 0.25) is 23.6 Å². The van der Waals surface area contributed by atoms with Gasteiger partial charge in [-0.15, -0.1) is 0 Å². The van der Waals surface area contributed by atoms with Crippen molar-refractivity contribution in [2.45, 2.75) is 136 Å². The Bertz CT molecular complexity index is 2530. The highest BCUT2D eigenvalue weighted by Gasteiger charge is 2.44. The molecule has 2 aliphatic rings. The molecule has 0 spiro atoms. The summed E-state index contributed by atoms with van der Waals surface area (Å²) < 4.78 is 23.8. The summed E-state index contributed by atoms with van der Waals surface area (Å²) in [7, 11) is 6.28. The molecule has 76 heavy (non-hydrogen) atoms. The van der Waals surface area contributed by atoms with E-state index in [-0.39, 0.29) is 61.5 Å². The molecule has 15 nitrogen and oxygen atoms in total. The predicted octanol–water partition coefficient (Wildman–Crippen LogP) is 8.42. The van der Waals surface area contributed by atoms with Crippen LogP contribution < -0.4 is 10.6 Å². The molecule has 1 aliphatic carbocycles. The molecule has 1 fully saturated rings. The number of likely N-dealkylation sites (N-methyl/N-ethyl adjacent to an activating group) is 2. The summed E-state index contributed by atoms with van der Waals surface area (Å²) in [6, 6.07) is 31.0. The Morgan fingerprint density at radius 1 is 0.684 bits per heavy atom. The molecule has 0 aromatic heterocycles. The molecule has 4 aromatic carbocycles. The van der Waals surface area contributed by atoms with Crippen LogP contribution in [0.5, 0.6) is 0 Å². The first-order chi connectivity index (χ1) is 36.4. The Labute approximate surface area is 450 Å². The molecule has 1 heterocycles. The number of nitrogens with one attached hydrogen (secondary N) is 2. The summed E-state index contributed by atoms with van der Waals surface area (Å²) in [6.07, 6.45) is -0.0319. The van der Waals surface area contributed by atoms with Gasteiger partial charge in [-0.3, -0.25) is 24.1 Å². The lowest BCUT2D eigenvalue weighted by molar-refractivity contribution is -0.151. The summed E-state index contributed by atoms with van der Waals surface area (Å²) in [5, 5.41) is 5.96. The van der Waals surface area contributed by atoms with Crippen LogP contribution in [0.1, 0.15) is 102 Å². The number of carbonyl (C=O) groups excluding carboxylic acids is 6. The standard InChI is InChI=1S/C61H81N5O10/c1-12-40(6)55(64(8)59(70)53(38(2)3)63-58(69)54(39(4)5)65(9)61(72)76-37-48-46-30-21-19-28-44(46)45-29-20-22-31-47(45)48)51(73-10)35-52(67)66-33-23-32-50(66)56(74-11)41(7)57(68)62-49(34-42-24-15-13-16-25-42)60(71)75-36-43-26-17-14-18-27-43/h13-22,24-31,38-41,48-51,53-56H,12,23,32-37H2,1-11H3,(H,62,68)(H,63,69)/t40?,41?,49?,50-,51?,53?,54?,55?,56?/m0/s1. The van der Waals surface area contributed by atoms with Crippen LogP contribution in [0.15, 0.2) is 109 Å². The summed E-state index contributed by atoms with van der Waals surface area (Å²) in [5.74, 6) is -3.78. The Kier molecular flexibility index (Phi) is 21.2. The van der Waals surface area contributed by atoms with Gasteiger partial charge < -0.3 is 39.4 Å². The van der Waals surface area contributed by atoms with Crippen molar-refractivity contribution < 1.29 is 47.7 Å². The molecule has 0 bridgehead atoms. The number of nitrogens with zero attached hydrogens (tertiary/aromatic N) is 3. The Morgan fingerprint density at radius 3 is 1.82 bits per heavy atom. The number of rotatable bonds is 25. The van der Waals surface area contributed by atoms with Gasteiger partial charge in [0, 0.05) is 47.2 Å². The molecule has 2 N–H and O–H groups in total. The van der Waals surface area contributed by atoms with Crippen molar-refractivity contribution in [3.8, 4) is 11.1 Å². The van der Waals surface area contributed by atoms with Crippen LogP contribution >= 0.6 is 0 Å². The van der Waals surface area contributed by atoms with E-state index in [1.165, 1.54) is 19.1 Å². The second-order valence-corrected chi connectivity index (χ2v) is 21.3. The van der Waals surface area contributed by atoms with Gasteiger partial charge in [-0.1, -0.05) is 164 Å². The summed E-state index contributed by atoms with van der Waals surface area (Å²) in [4.78, 5) is 90.0. The van der Waals surface area contributed by atoms with E-state index in [4.69, 9.17) is 18.9 Å². The normalized spacial score (nSPS) is 17.3. The van der Waals surface area contributed by atoms with E-state index in [1.54, 1.807) is 30.8 Å². The van der Waals surface area contributed by atoms with E-state index in [0.717, 1.165) is 33.4 Å². The lowest BCUT2D eigenvalue weighted by Gasteiger charge is -2.41. The highest BCUT2D eigenvalue weighted by atomic mass is 16.6. The summed E-state index contributed by atoms with van der Waals surface area (Å²) in [6.45, 7) is 13.7. The second kappa shape index (κ2) is 27.5. The Balaban J connectivity index is 1.11. The number of fused-ring (bicyclic) bond motifs is 3. The molecule has 410 valence electrons. The second-order valence-electron chi connectivity index (χ2n) is 21.3. The van der Waals surface area contributed by atoms with Gasteiger partial charge in [-0.25, -0.2) is 9.59 Å². The number of ether oxygens (including phenoxy) is 4. The predicted molar refractivity (Wildman–Crippen MR) is 293 cm³/mol.